The van der Waals surface area contributed by atoms with Gasteiger partial charge in [-0.25, -0.2) is 0 Å². The Morgan fingerprint density at radius 2 is 2.00 bits per heavy atom. The number of aliphatic hydroxyl groups excluding tert-OH is 1. The van der Waals surface area contributed by atoms with Gasteiger partial charge in [0.15, 0.2) is 0 Å². The maximum Gasteiger partial charge on any atom is 0.0558 e. The summed E-state index contributed by atoms with van der Waals surface area (Å²) in [5.41, 5.74) is 0. The Morgan fingerprint density at radius 1 is 1.40 bits per heavy atom. The van der Waals surface area contributed by atoms with Gasteiger partial charge < -0.3 is 10.0 Å². The summed E-state index contributed by atoms with van der Waals surface area (Å²) >= 11 is 0. The molecule has 0 aromatic rings. The molecule has 0 atom stereocenters. The van der Waals surface area contributed by atoms with Crippen LogP contribution < -0.4 is 0 Å². The first-order valence-electron chi connectivity index (χ1n) is 4.03. The monoisotopic (exact) mass is 145 g/mol. The lowest BCUT2D eigenvalue weighted by molar-refractivity contribution is 0.188. The molecule has 0 aliphatic carbocycles. The number of rotatable bonds is 5. The van der Waals surface area contributed by atoms with Gasteiger partial charge in [0.1, 0.15) is 0 Å². The van der Waals surface area contributed by atoms with Crippen LogP contribution in [0.1, 0.15) is 20.8 Å². The average Bonchev–Trinajstić information content (AvgIpc) is 1.86. The molecular formula is C8H19NO. The van der Waals surface area contributed by atoms with Crippen molar-refractivity contribution in [2.45, 2.75) is 20.8 Å². The highest BCUT2D eigenvalue weighted by Gasteiger charge is 2.02. The lowest BCUT2D eigenvalue weighted by atomic mass is 10.2. The van der Waals surface area contributed by atoms with Gasteiger partial charge in [-0.2, -0.15) is 0 Å². The van der Waals surface area contributed by atoms with Crippen molar-refractivity contribution in [1.82, 2.24) is 4.90 Å². The van der Waals surface area contributed by atoms with Crippen molar-refractivity contribution >= 4 is 0 Å². The number of hydrogen-bond donors (Lipinski definition) is 1. The highest BCUT2D eigenvalue weighted by atomic mass is 16.3. The lowest BCUT2D eigenvalue weighted by Crippen LogP contribution is -2.30. The maximum atomic E-state index is 8.64. The third-order valence-corrected chi connectivity index (χ3v) is 1.49. The number of likely N-dealkylation sites (N-methyl/N-ethyl adjacent to an activating group) is 1. The first kappa shape index (κ1) is 9.92. The third kappa shape index (κ3) is 4.77. The Labute approximate surface area is 63.8 Å². The van der Waals surface area contributed by atoms with Gasteiger partial charge in [-0.1, -0.05) is 20.8 Å². The summed E-state index contributed by atoms with van der Waals surface area (Å²) in [6.07, 6.45) is 0. The van der Waals surface area contributed by atoms with Crippen molar-refractivity contribution in [2.24, 2.45) is 5.92 Å². The molecule has 2 nitrogen and oxygen atoms in total. The summed E-state index contributed by atoms with van der Waals surface area (Å²) in [4.78, 5) is 2.25. The second-order valence-corrected chi connectivity index (χ2v) is 3.01. The summed E-state index contributed by atoms with van der Waals surface area (Å²) in [7, 11) is 0. The molecule has 0 bridgehead atoms. The predicted molar refractivity (Wildman–Crippen MR) is 44.0 cm³/mol. The zero-order valence-corrected chi connectivity index (χ0v) is 7.30. The van der Waals surface area contributed by atoms with Gasteiger partial charge in [0.2, 0.25) is 0 Å². The zero-order chi connectivity index (χ0) is 7.98. The Morgan fingerprint density at radius 3 is 2.30 bits per heavy atom. The van der Waals surface area contributed by atoms with Crippen LogP contribution in [-0.4, -0.2) is 36.2 Å². The molecule has 0 aliphatic heterocycles. The van der Waals surface area contributed by atoms with E-state index in [4.69, 9.17) is 5.11 Å². The van der Waals surface area contributed by atoms with Gasteiger partial charge >= 0.3 is 0 Å². The first-order chi connectivity index (χ1) is 4.70. The summed E-state index contributed by atoms with van der Waals surface area (Å²) in [6, 6.07) is 0. The minimum absolute atomic E-state index is 0.278. The minimum Gasteiger partial charge on any atom is -0.395 e. The normalized spacial score (nSPS) is 11.4. The fourth-order valence-corrected chi connectivity index (χ4v) is 1.04. The van der Waals surface area contributed by atoms with Crippen LogP contribution in [0.3, 0.4) is 0 Å². The van der Waals surface area contributed by atoms with Gasteiger partial charge in [-0.15, -0.1) is 0 Å². The molecule has 0 aromatic carbocycles. The van der Waals surface area contributed by atoms with E-state index in [0.29, 0.717) is 5.92 Å². The van der Waals surface area contributed by atoms with Gasteiger partial charge in [-0.05, 0) is 12.5 Å². The fourth-order valence-electron chi connectivity index (χ4n) is 1.04. The summed E-state index contributed by atoms with van der Waals surface area (Å²) in [5.74, 6) is 0.700. The molecule has 0 amide bonds. The predicted octanol–water partition coefficient (Wildman–Crippen LogP) is 0.957. The fraction of sp³-hybridized carbons (Fsp3) is 1.00. The van der Waals surface area contributed by atoms with E-state index in [2.05, 4.69) is 25.7 Å². The van der Waals surface area contributed by atoms with E-state index in [0.717, 1.165) is 19.6 Å². The van der Waals surface area contributed by atoms with Crippen LogP contribution in [0.5, 0.6) is 0 Å². The SMILES string of the molecule is CCN(CCO)CC(C)C. The molecule has 2 heteroatoms. The van der Waals surface area contributed by atoms with E-state index < -0.39 is 0 Å². The smallest absolute Gasteiger partial charge is 0.0558 e. The van der Waals surface area contributed by atoms with Crippen LogP contribution in [0.4, 0.5) is 0 Å². The molecular weight excluding hydrogens is 126 g/mol. The molecule has 0 aliphatic rings. The van der Waals surface area contributed by atoms with Gasteiger partial charge in [0.05, 0.1) is 6.61 Å². The largest absolute Gasteiger partial charge is 0.395 e. The summed E-state index contributed by atoms with van der Waals surface area (Å²) < 4.78 is 0. The lowest BCUT2D eigenvalue weighted by Gasteiger charge is -2.20. The molecule has 62 valence electrons. The topological polar surface area (TPSA) is 23.5 Å². The van der Waals surface area contributed by atoms with Crippen molar-refractivity contribution in [1.29, 1.82) is 0 Å². The Balaban J connectivity index is 3.39. The number of hydrogen-bond acceptors (Lipinski definition) is 2. The number of aliphatic hydroxyl groups is 1. The number of nitrogens with zero attached hydrogens (tertiary/aromatic N) is 1. The van der Waals surface area contributed by atoms with E-state index in [1.807, 2.05) is 0 Å². The van der Waals surface area contributed by atoms with Crippen LogP contribution in [0.2, 0.25) is 0 Å². The molecule has 0 spiro atoms. The van der Waals surface area contributed by atoms with Crippen molar-refractivity contribution in [3.8, 4) is 0 Å². The van der Waals surface area contributed by atoms with Crippen molar-refractivity contribution < 1.29 is 5.11 Å². The van der Waals surface area contributed by atoms with Gasteiger partial charge in [-0.3, -0.25) is 0 Å². The van der Waals surface area contributed by atoms with Crippen LogP contribution >= 0.6 is 0 Å². The molecule has 1 N–H and O–H groups in total. The maximum absolute atomic E-state index is 8.64. The van der Waals surface area contributed by atoms with E-state index >= 15 is 0 Å². The van der Waals surface area contributed by atoms with Gasteiger partial charge in [0.25, 0.3) is 0 Å². The molecule has 0 radical (unpaired) electrons. The van der Waals surface area contributed by atoms with Crippen molar-refractivity contribution in [2.75, 3.05) is 26.2 Å². The summed E-state index contributed by atoms with van der Waals surface area (Å²) in [6.45, 7) is 9.74. The van der Waals surface area contributed by atoms with Crippen LogP contribution in [-0.2, 0) is 0 Å². The van der Waals surface area contributed by atoms with Crippen molar-refractivity contribution in [3.63, 3.8) is 0 Å². The van der Waals surface area contributed by atoms with E-state index in [-0.39, 0.29) is 6.61 Å². The average molecular weight is 145 g/mol. The first-order valence-corrected chi connectivity index (χ1v) is 4.03. The summed E-state index contributed by atoms with van der Waals surface area (Å²) in [5, 5.41) is 8.64. The highest BCUT2D eigenvalue weighted by molar-refractivity contribution is 4.56. The highest BCUT2D eigenvalue weighted by Crippen LogP contribution is 1.96. The quantitative estimate of drug-likeness (QED) is 0.623. The minimum atomic E-state index is 0.278. The molecule has 10 heavy (non-hydrogen) atoms. The zero-order valence-electron chi connectivity index (χ0n) is 7.30. The molecule has 0 rings (SSSR count). The molecule has 0 heterocycles. The van der Waals surface area contributed by atoms with E-state index in [1.54, 1.807) is 0 Å². The van der Waals surface area contributed by atoms with Crippen LogP contribution in [0.15, 0.2) is 0 Å². The molecule has 0 fully saturated rings. The van der Waals surface area contributed by atoms with Crippen LogP contribution in [0.25, 0.3) is 0 Å². The molecule has 0 saturated heterocycles. The molecule has 0 saturated carbocycles. The van der Waals surface area contributed by atoms with Gasteiger partial charge in [0, 0.05) is 13.1 Å². The van der Waals surface area contributed by atoms with E-state index in [9.17, 15) is 0 Å². The molecule has 0 aromatic heterocycles. The Hall–Kier alpha value is -0.0800. The Bertz CT molecular complexity index is 73.7. The third-order valence-electron chi connectivity index (χ3n) is 1.49. The Kier molecular flexibility index (Phi) is 5.64. The molecule has 0 unspecified atom stereocenters. The second-order valence-electron chi connectivity index (χ2n) is 3.01. The van der Waals surface area contributed by atoms with E-state index in [1.165, 1.54) is 0 Å². The van der Waals surface area contributed by atoms with Crippen molar-refractivity contribution in [3.05, 3.63) is 0 Å². The second kappa shape index (κ2) is 5.69. The standard InChI is InChI=1S/C8H19NO/c1-4-9(5-6-10)7-8(2)3/h8,10H,4-7H2,1-3H3. The van der Waals surface area contributed by atoms with Crippen LogP contribution in [0, 0.1) is 5.92 Å².